The van der Waals surface area contributed by atoms with Crippen LogP contribution in [0.4, 0.5) is 0 Å². The van der Waals surface area contributed by atoms with Gasteiger partial charge in [0.15, 0.2) is 0 Å². The zero-order valence-electron chi connectivity index (χ0n) is 6.99. The van der Waals surface area contributed by atoms with Crippen LogP contribution in [0.2, 0.25) is 0 Å². The monoisotopic (exact) mass is 172 g/mol. The normalized spacial score (nSPS) is 23.5. The van der Waals surface area contributed by atoms with Gasteiger partial charge in [-0.3, -0.25) is 0 Å². The highest BCUT2D eigenvalue weighted by Gasteiger charge is 2.34. The molecule has 0 saturated carbocycles. The van der Waals surface area contributed by atoms with Gasteiger partial charge in [-0.1, -0.05) is 24.3 Å². The van der Waals surface area contributed by atoms with Crippen LogP contribution in [0.15, 0.2) is 30.3 Å². The molecule has 1 unspecified atom stereocenters. The van der Waals surface area contributed by atoms with Crippen LogP contribution >= 0.6 is 0 Å². The van der Waals surface area contributed by atoms with E-state index in [9.17, 15) is 4.79 Å². The summed E-state index contributed by atoms with van der Waals surface area (Å²) < 4.78 is 5.14. The Morgan fingerprint density at radius 2 is 2.15 bits per heavy atom. The first-order chi connectivity index (χ1) is 6.34. The Morgan fingerprint density at radius 3 is 3.08 bits per heavy atom. The summed E-state index contributed by atoms with van der Waals surface area (Å²) in [5.74, 6) is -0.200. The van der Waals surface area contributed by atoms with Gasteiger partial charge >= 0.3 is 5.97 Å². The summed E-state index contributed by atoms with van der Waals surface area (Å²) in [6.07, 6.45) is 2.44. The Labute approximate surface area is 75.8 Å². The van der Waals surface area contributed by atoms with Gasteiger partial charge in [0.2, 0.25) is 0 Å². The molecule has 1 aromatic rings. The molecule has 0 fully saturated rings. The molecule has 2 heteroatoms. The second-order valence-electron chi connectivity index (χ2n) is 3.39. The molecule has 0 N–H and O–H groups in total. The SMILES string of the molecule is O=C1C=C2c3ccccc3CC2O1. The lowest BCUT2D eigenvalue weighted by Gasteiger charge is -2.02. The summed E-state index contributed by atoms with van der Waals surface area (Å²) >= 11 is 0. The van der Waals surface area contributed by atoms with Crippen molar-refractivity contribution < 1.29 is 9.53 Å². The topological polar surface area (TPSA) is 26.3 Å². The third kappa shape index (κ3) is 0.856. The van der Waals surface area contributed by atoms with Gasteiger partial charge in [-0.05, 0) is 11.1 Å². The number of esters is 1. The minimum atomic E-state index is -0.200. The van der Waals surface area contributed by atoms with Gasteiger partial charge in [0.05, 0.1) is 0 Å². The Morgan fingerprint density at radius 1 is 1.31 bits per heavy atom. The minimum Gasteiger partial charge on any atom is -0.454 e. The van der Waals surface area contributed by atoms with Crippen LogP contribution in [0.25, 0.3) is 5.57 Å². The molecule has 0 saturated heterocycles. The van der Waals surface area contributed by atoms with Crippen molar-refractivity contribution in [3.63, 3.8) is 0 Å². The zero-order valence-corrected chi connectivity index (χ0v) is 6.99. The lowest BCUT2D eigenvalue weighted by atomic mass is 10.1. The number of rotatable bonds is 0. The van der Waals surface area contributed by atoms with E-state index in [0.717, 1.165) is 12.0 Å². The average Bonchev–Trinajstić information content (AvgIpc) is 2.60. The molecule has 1 heterocycles. The van der Waals surface area contributed by atoms with Crippen LogP contribution in [0.1, 0.15) is 11.1 Å². The maximum atomic E-state index is 11.0. The van der Waals surface area contributed by atoms with E-state index in [-0.39, 0.29) is 12.1 Å². The maximum absolute atomic E-state index is 11.0. The molecule has 1 aromatic carbocycles. The number of benzene rings is 1. The number of carbonyl (C=O) groups excluding carboxylic acids is 1. The van der Waals surface area contributed by atoms with E-state index in [1.54, 1.807) is 6.08 Å². The summed E-state index contributed by atoms with van der Waals surface area (Å²) in [7, 11) is 0. The fourth-order valence-corrected chi connectivity index (χ4v) is 2.04. The molecule has 0 radical (unpaired) electrons. The van der Waals surface area contributed by atoms with E-state index in [0.29, 0.717) is 0 Å². The third-order valence-corrected chi connectivity index (χ3v) is 2.61. The minimum absolute atomic E-state index is 0.00935. The molecule has 2 aliphatic rings. The van der Waals surface area contributed by atoms with Crippen LogP contribution in [0.5, 0.6) is 0 Å². The van der Waals surface area contributed by atoms with Crippen molar-refractivity contribution in [2.45, 2.75) is 12.5 Å². The molecular formula is C11H8O2. The van der Waals surface area contributed by atoms with Gasteiger partial charge < -0.3 is 4.74 Å². The first-order valence-corrected chi connectivity index (χ1v) is 4.35. The standard InChI is InChI=1S/C11H8O2/c12-11-6-9-8-4-2-1-3-7(8)5-10(9)13-11/h1-4,6,10H,5H2. The molecule has 1 aliphatic carbocycles. The number of fused-ring (bicyclic) bond motifs is 3. The van der Waals surface area contributed by atoms with Gasteiger partial charge in [-0.2, -0.15) is 0 Å². The van der Waals surface area contributed by atoms with Crippen molar-refractivity contribution in [1.82, 2.24) is 0 Å². The van der Waals surface area contributed by atoms with Crippen molar-refractivity contribution in [3.8, 4) is 0 Å². The number of carbonyl (C=O) groups is 1. The van der Waals surface area contributed by atoms with E-state index in [1.165, 1.54) is 11.1 Å². The van der Waals surface area contributed by atoms with E-state index in [1.807, 2.05) is 18.2 Å². The second kappa shape index (κ2) is 2.22. The highest BCUT2D eigenvalue weighted by Crippen LogP contribution is 2.37. The molecule has 13 heavy (non-hydrogen) atoms. The Balaban J connectivity index is 2.19. The Kier molecular flexibility index (Phi) is 1.18. The van der Waals surface area contributed by atoms with Crippen LogP contribution < -0.4 is 0 Å². The lowest BCUT2D eigenvalue weighted by Crippen LogP contribution is -2.08. The molecule has 0 amide bonds. The quantitative estimate of drug-likeness (QED) is 0.555. The van der Waals surface area contributed by atoms with E-state index < -0.39 is 0 Å². The van der Waals surface area contributed by atoms with Gasteiger partial charge in [0.25, 0.3) is 0 Å². The fourth-order valence-electron chi connectivity index (χ4n) is 2.04. The third-order valence-electron chi connectivity index (χ3n) is 2.61. The Bertz CT molecular complexity index is 418. The zero-order chi connectivity index (χ0) is 8.84. The average molecular weight is 172 g/mol. The van der Waals surface area contributed by atoms with Gasteiger partial charge in [0, 0.05) is 18.1 Å². The molecule has 1 atom stereocenters. The first-order valence-electron chi connectivity index (χ1n) is 4.35. The summed E-state index contributed by atoms with van der Waals surface area (Å²) in [6.45, 7) is 0. The largest absolute Gasteiger partial charge is 0.454 e. The smallest absolute Gasteiger partial charge is 0.331 e. The van der Waals surface area contributed by atoms with E-state index in [4.69, 9.17) is 4.74 Å². The van der Waals surface area contributed by atoms with Gasteiger partial charge in [0.1, 0.15) is 6.10 Å². The molecule has 3 rings (SSSR count). The van der Waals surface area contributed by atoms with Crippen molar-refractivity contribution >= 4 is 11.5 Å². The molecule has 2 nitrogen and oxygen atoms in total. The maximum Gasteiger partial charge on any atom is 0.331 e. The predicted molar refractivity (Wildman–Crippen MR) is 48.0 cm³/mol. The summed E-state index contributed by atoms with van der Waals surface area (Å²) in [6, 6.07) is 8.14. The van der Waals surface area contributed by atoms with Crippen LogP contribution in [0, 0.1) is 0 Å². The molecular weight excluding hydrogens is 164 g/mol. The molecule has 0 bridgehead atoms. The highest BCUT2D eigenvalue weighted by atomic mass is 16.5. The first kappa shape index (κ1) is 6.89. The fraction of sp³-hybridized carbons (Fsp3) is 0.182. The van der Waals surface area contributed by atoms with E-state index in [2.05, 4.69) is 6.07 Å². The number of hydrogen-bond donors (Lipinski definition) is 0. The van der Waals surface area contributed by atoms with Crippen LogP contribution in [-0.4, -0.2) is 12.1 Å². The molecule has 0 aromatic heterocycles. The van der Waals surface area contributed by atoms with Crippen molar-refractivity contribution in [1.29, 1.82) is 0 Å². The summed E-state index contributed by atoms with van der Waals surface area (Å²) in [5, 5.41) is 0. The highest BCUT2D eigenvalue weighted by molar-refractivity contribution is 5.99. The molecule has 64 valence electrons. The Hall–Kier alpha value is -1.57. The van der Waals surface area contributed by atoms with Crippen molar-refractivity contribution in [3.05, 3.63) is 41.5 Å². The lowest BCUT2D eigenvalue weighted by molar-refractivity contribution is -0.138. The number of hydrogen-bond acceptors (Lipinski definition) is 2. The van der Waals surface area contributed by atoms with E-state index >= 15 is 0 Å². The van der Waals surface area contributed by atoms with Crippen LogP contribution in [-0.2, 0) is 16.0 Å². The van der Waals surface area contributed by atoms with Gasteiger partial charge in [-0.25, -0.2) is 4.79 Å². The summed E-state index contributed by atoms with van der Waals surface area (Å²) in [5.41, 5.74) is 3.52. The van der Waals surface area contributed by atoms with Crippen LogP contribution in [0.3, 0.4) is 0 Å². The van der Waals surface area contributed by atoms with Crippen molar-refractivity contribution in [2.75, 3.05) is 0 Å². The molecule has 0 spiro atoms. The second-order valence-corrected chi connectivity index (χ2v) is 3.39. The van der Waals surface area contributed by atoms with Gasteiger partial charge in [-0.15, -0.1) is 0 Å². The van der Waals surface area contributed by atoms with Crippen molar-refractivity contribution in [2.24, 2.45) is 0 Å². The molecule has 1 aliphatic heterocycles. The predicted octanol–water partition coefficient (Wildman–Crippen LogP) is 1.55. The number of ether oxygens (including phenoxy) is 1. The summed E-state index contributed by atoms with van der Waals surface area (Å²) in [4.78, 5) is 11.0.